The smallest absolute Gasteiger partial charge is 0.266 e. The van der Waals surface area contributed by atoms with Crippen molar-refractivity contribution in [2.45, 2.75) is 44.4 Å². The third-order valence-corrected chi connectivity index (χ3v) is 4.36. The first kappa shape index (κ1) is 12.8. The lowest BCUT2D eigenvalue weighted by Crippen LogP contribution is -2.58. The van der Waals surface area contributed by atoms with Gasteiger partial charge >= 0.3 is 0 Å². The highest BCUT2D eigenvalue weighted by Crippen LogP contribution is 2.29. The monoisotopic (exact) mass is 263 g/mol. The van der Waals surface area contributed by atoms with Crippen molar-refractivity contribution in [2.75, 3.05) is 13.1 Å². The van der Waals surface area contributed by atoms with Gasteiger partial charge in [-0.2, -0.15) is 5.10 Å². The highest BCUT2D eigenvalue weighted by molar-refractivity contribution is 4.92. The first-order valence-corrected chi connectivity index (χ1v) is 7.18. The van der Waals surface area contributed by atoms with Crippen LogP contribution in [0.2, 0.25) is 0 Å². The van der Waals surface area contributed by atoms with E-state index in [2.05, 4.69) is 10.00 Å². The van der Waals surface area contributed by atoms with E-state index in [0.717, 1.165) is 32.4 Å². The Bertz CT molecular complexity index is 482. The van der Waals surface area contributed by atoms with Crippen LogP contribution in [-0.2, 0) is 6.54 Å². The highest BCUT2D eigenvalue weighted by Gasteiger charge is 2.36. The molecule has 1 aliphatic carbocycles. The number of hydrogen-bond acceptors (Lipinski definition) is 4. The molecule has 1 saturated carbocycles. The van der Waals surface area contributed by atoms with Gasteiger partial charge in [-0.05, 0) is 18.9 Å². The maximum atomic E-state index is 11.6. The minimum Gasteiger partial charge on any atom is -0.391 e. The lowest BCUT2D eigenvalue weighted by Gasteiger charge is -2.47. The Labute approximate surface area is 112 Å². The number of aliphatic hydroxyl groups is 1. The van der Waals surface area contributed by atoms with Crippen LogP contribution in [0, 0.1) is 5.92 Å². The average molecular weight is 263 g/mol. The van der Waals surface area contributed by atoms with Gasteiger partial charge in [0, 0.05) is 37.3 Å². The maximum absolute atomic E-state index is 11.6. The molecule has 0 amide bonds. The molecule has 2 atom stereocenters. The predicted molar refractivity (Wildman–Crippen MR) is 71.8 cm³/mol. The van der Waals surface area contributed by atoms with E-state index in [-0.39, 0.29) is 11.7 Å². The van der Waals surface area contributed by atoms with Crippen LogP contribution in [0.4, 0.5) is 0 Å². The molecule has 0 bridgehead atoms. The molecule has 5 heteroatoms. The van der Waals surface area contributed by atoms with Crippen molar-refractivity contribution < 1.29 is 5.11 Å². The summed E-state index contributed by atoms with van der Waals surface area (Å²) in [6, 6.07) is 3.56. The molecule has 3 rings (SSSR count). The fourth-order valence-corrected chi connectivity index (χ4v) is 3.28. The third kappa shape index (κ3) is 2.72. The van der Waals surface area contributed by atoms with Gasteiger partial charge < -0.3 is 5.11 Å². The summed E-state index contributed by atoms with van der Waals surface area (Å²) < 4.78 is 1.54. The van der Waals surface area contributed by atoms with Gasteiger partial charge in [-0.1, -0.05) is 12.8 Å². The zero-order valence-electron chi connectivity index (χ0n) is 11.1. The first-order valence-electron chi connectivity index (χ1n) is 7.18. The van der Waals surface area contributed by atoms with Crippen LogP contribution in [-0.4, -0.2) is 45.0 Å². The van der Waals surface area contributed by atoms with Gasteiger partial charge in [-0.3, -0.25) is 9.69 Å². The maximum Gasteiger partial charge on any atom is 0.266 e. The molecule has 1 saturated heterocycles. The van der Waals surface area contributed by atoms with Crippen molar-refractivity contribution >= 4 is 0 Å². The lowest BCUT2D eigenvalue weighted by atomic mass is 9.87. The van der Waals surface area contributed by atoms with Gasteiger partial charge in [-0.15, -0.1) is 0 Å². The number of aliphatic hydroxyl groups excluding tert-OH is 1. The van der Waals surface area contributed by atoms with Gasteiger partial charge in [0.15, 0.2) is 0 Å². The van der Waals surface area contributed by atoms with E-state index in [1.54, 1.807) is 23.0 Å². The van der Waals surface area contributed by atoms with E-state index in [9.17, 15) is 9.90 Å². The summed E-state index contributed by atoms with van der Waals surface area (Å²) in [5.41, 5.74) is -0.0290. The second-order valence-electron chi connectivity index (χ2n) is 5.78. The number of aromatic nitrogens is 2. The second-order valence-corrected chi connectivity index (χ2v) is 5.78. The van der Waals surface area contributed by atoms with Crippen LogP contribution in [0.25, 0.3) is 0 Å². The summed E-state index contributed by atoms with van der Waals surface area (Å²) in [5.74, 6) is 0.488. The van der Waals surface area contributed by atoms with Gasteiger partial charge in [0.25, 0.3) is 5.56 Å². The molecule has 2 fully saturated rings. The van der Waals surface area contributed by atoms with Crippen molar-refractivity contribution in [2.24, 2.45) is 5.92 Å². The fraction of sp³-hybridized carbons (Fsp3) is 0.714. The van der Waals surface area contributed by atoms with Crippen LogP contribution in [0.3, 0.4) is 0 Å². The van der Waals surface area contributed by atoms with Crippen LogP contribution < -0.4 is 5.56 Å². The fourth-order valence-electron chi connectivity index (χ4n) is 3.28. The zero-order valence-corrected chi connectivity index (χ0v) is 11.1. The minimum atomic E-state index is -0.160. The number of nitrogens with zero attached hydrogens (tertiary/aromatic N) is 3. The normalized spacial score (nSPS) is 29.1. The molecule has 1 aromatic rings. The Morgan fingerprint density at radius 2 is 2.11 bits per heavy atom. The van der Waals surface area contributed by atoms with Gasteiger partial charge in [0.05, 0.1) is 12.6 Å². The SMILES string of the molecule is O=c1cccnn1CC1CN(C2CCCCC2O)C1. The Morgan fingerprint density at radius 3 is 2.84 bits per heavy atom. The molecule has 0 aromatic carbocycles. The Balaban J connectivity index is 1.53. The largest absolute Gasteiger partial charge is 0.391 e. The summed E-state index contributed by atoms with van der Waals surface area (Å²) in [6.07, 6.45) is 5.92. The molecular formula is C14H21N3O2. The summed E-state index contributed by atoms with van der Waals surface area (Å²) >= 11 is 0. The van der Waals surface area contributed by atoms with Crippen LogP contribution in [0.5, 0.6) is 0 Å². The Kier molecular flexibility index (Phi) is 3.66. The van der Waals surface area contributed by atoms with E-state index in [4.69, 9.17) is 0 Å². The number of likely N-dealkylation sites (tertiary alicyclic amines) is 1. The number of rotatable bonds is 3. The highest BCUT2D eigenvalue weighted by atomic mass is 16.3. The molecule has 2 heterocycles. The molecule has 1 aliphatic heterocycles. The molecule has 5 nitrogen and oxygen atoms in total. The van der Waals surface area contributed by atoms with Gasteiger partial charge in [0.2, 0.25) is 0 Å². The van der Waals surface area contributed by atoms with Crippen molar-refractivity contribution in [3.8, 4) is 0 Å². The van der Waals surface area contributed by atoms with E-state index in [1.807, 2.05) is 0 Å². The van der Waals surface area contributed by atoms with Crippen LogP contribution in [0.1, 0.15) is 25.7 Å². The summed E-state index contributed by atoms with van der Waals surface area (Å²) in [6.45, 7) is 2.65. The minimum absolute atomic E-state index is 0.0290. The standard InChI is InChI=1S/C14H21N3O2/c18-13-5-2-1-4-12(13)16-8-11(9-16)10-17-14(19)6-3-7-15-17/h3,6-7,11-13,18H,1-2,4-5,8-10H2. The molecular weight excluding hydrogens is 242 g/mol. The Hall–Kier alpha value is -1.20. The zero-order chi connectivity index (χ0) is 13.2. The van der Waals surface area contributed by atoms with Crippen molar-refractivity contribution in [3.63, 3.8) is 0 Å². The summed E-state index contributed by atoms with van der Waals surface area (Å²) in [5, 5.41) is 14.1. The van der Waals surface area contributed by atoms with Gasteiger partial charge in [0.1, 0.15) is 0 Å². The molecule has 0 radical (unpaired) electrons. The van der Waals surface area contributed by atoms with E-state index in [0.29, 0.717) is 18.5 Å². The average Bonchev–Trinajstić information content (AvgIpc) is 2.37. The molecule has 104 valence electrons. The first-order chi connectivity index (χ1) is 9.24. The van der Waals surface area contributed by atoms with Crippen molar-refractivity contribution in [1.29, 1.82) is 0 Å². The van der Waals surface area contributed by atoms with E-state index in [1.165, 1.54) is 6.42 Å². The summed E-state index contributed by atoms with van der Waals surface area (Å²) in [4.78, 5) is 13.9. The van der Waals surface area contributed by atoms with E-state index < -0.39 is 0 Å². The summed E-state index contributed by atoms with van der Waals surface area (Å²) in [7, 11) is 0. The van der Waals surface area contributed by atoms with Crippen LogP contribution in [0.15, 0.2) is 23.1 Å². The molecule has 0 spiro atoms. The molecule has 2 aliphatic rings. The molecule has 1 aromatic heterocycles. The molecule has 1 N–H and O–H groups in total. The predicted octanol–water partition coefficient (Wildman–Crippen LogP) is 0.479. The lowest BCUT2D eigenvalue weighted by molar-refractivity contribution is -0.0404. The second kappa shape index (κ2) is 5.43. The third-order valence-electron chi connectivity index (χ3n) is 4.36. The van der Waals surface area contributed by atoms with Crippen LogP contribution >= 0.6 is 0 Å². The molecule has 19 heavy (non-hydrogen) atoms. The van der Waals surface area contributed by atoms with Crippen molar-refractivity contribution in [3.05, 3.63) is 28.7 Å². The topological polar surface area (TPSA) is 58.4 Å². The van der Waals surface area contributed by atoms with Gasteiger partial charge in [-0.25, -0.2) is 4.68 Å². The van der Waals surface area contributed by atoms with E-state index >= 15 is 0 Å². The molecule has 2 unspecified atom stereocenters. The quantitative estimate of drug-likeness (QED) is 0.861. The Morgan fingerprint density at radius 1 is 1.32 bits per heavy atom. The number of hydrogen-bond donors (Lipinski definition) is 1. The van der Waals surface area contributed by atoms with Crippen molar-refractivity contribution in [1.82, 2.24) is 14.7 Å².